The zero-order chi connectivity index (χ0) is 31.1. The number of hydrogen-bond acceptors (Lipinski definition) is 7. The van der Waals surface area contributed by atoms with E-state index in [9.17, 15) is 28.8 Å². The van der Waals surface area contributed by atoms with E-state index in [-0.39, 0.29) is 24.7 Å². The van der Waals surface area contributed by atoms with E-state index in [0.717, 1.165) is 5.57 Å². The van der Waals surface area contributed by atoms with Crippen LogP contribution >= 0.6 is 0 Å². The zero-order valence-corrected chi connectivity index (χ0v) is 25.0. The number of benzene rings is 1. The molecule has 5 amide bonds. The van der Waals surface area contributed by atoms with Gasteiger partial charge in [0.1, 0.15) is 24.2 Å². The lowest BCUT2D eigenvalue weighted by Crippen LogP contribution is -2.58. The van der Waals surface area contributed by atoms with Gasteiger partial charge in [-0.15, -0.1) is 0 Å². The van der Waals surface area contributed by atoms with Crippen molar-refractivity contribution >= 4 is 35.5 Å². The molecule has 3 aliphatic rings. The molecule has 3 heterocycles. The third-order valence-electron chi connectivity index (χ3n) is 8.02. The van der Waals surface area contributed by atoms with E-state index in [2.05, 4.69) is 16.0 Å². The molecule has 0 aliphatic carbocycles. The molecule has 43 heavy (non-hydrogen) atoms. The van der Waals surface area contributed by atoms with Gasteiger partial charge in [0.15, 0.2) is 0 Å². The first-order valence-corrected chi connectivity index (χ1v) is 15.0. The number of esters is 1. The molecule has 0 aromatic heterocycles. The Labute approximate surface area is 251 Å². The number of carbonyl (C=O) groups excluding carboxylic acids is 6. The molecule has 0 radical (unpaired) electrons. The lowest BCUT2D eigenvalue weighted by molar-refractivity contribution is -0.152. The van der Waals surface area contributed by atoms with Gasteiger partial charge in [-0.05, 0) is 65.0 Å². The maximum atomic E-state index is 13.5. The summed E-state index contributed by atoms with van der Waals surface area (Å²) in [4.78, 5) is 81.8. The monoisotopic (exact) mass is 595 g/mol. The van der Waals surface area contributed by atoms with Gasteiger partial charge in [-0.2, -0.15) is 0 Å². The van der Waals surface area contributed by atoms with Crippen molar-refractivity contribution in [2.24, 2.45) is 0 Å². The van der Waals surface area contributed by atoms with E-state index < -0.39 is 54.0 Å². The Bertz CT molecular complexity index is 1270. The number of rotatable bonds is 2. The molecular formula is C31H41N5O7. The largest absolute Gasteiger partial charge is 0.460 e. The average molecular weight is 596 g/mol. The van der Waals surface area contributed by atoms with Gasteiger partial charge < -0.3 is 30.5 Å². The molecule has 2 bridgehead atoms. The SMILES string of the molecule is CC1CC(=O)OC(C)C(NC(=O)c2ccccc2)C(=O)NC(C)C(=O)N2CCCC2C(=O)N2C=C(CCCC(=O)N1)CC2. The van der Waals surface area contributed by atoms with E-state index in [1.807, 2.05) is 6.20 Å². The highest BCUT2D eigenvalue weighted by Crippen LogP contribution is 2.25. The Morgan fingerprint density at radius 1 is 0.907 bits per heavy atom. The van der Waals surface area contributed by atoms with Crippen LogP contribution in [0.2, 0.25) is 0 Å². The summed E-state index contributed by atoms with van der Waals surface area (Å²) in [5, 5.41) is 8.09. The molecule has 5 atom stereocenters. The van der Waals surface area contributed by atoms with Crippen molar-refractivity contribution in [1.29, 1.82) is 0 Å². The summed E-state index contributed by atoms with van der Waals surface area (Å²) in [6.07, 6.45) is 3.99. The van der Waals surface area contributed by atoms with Gasteiger partial charge in [-0.3, -0.25) is 28.8 Å². The van der Waals surface area contributed by atoms with Gasteiger partial charge >= 0.3 is 5.97 Å². The zero-order valence-electron chi connectivity index (χ0n) is 25.0. The van der Waals surface area contributed by atoms with Gasteiger partial charge in [0.05, 0.1) is 6.42 Å². The Morgan fingerprint density at radius 2 is 1.65 bits per heavy atom. The standard InChI is InChI=1S/C31H41N5O7/c1-19-17-26(38)43-21(3)27(34-28(39)23-10-5-4-6-11-23)29(40)33-20(2)30(41)36-15-8-12-24(36)31(42)35-16-14-22(18-35)9-7-13-25(37)32-19/h4-6,10-11,18-21,24,27H,7-9,12-17H2,1-3H3,(H,32,37)(H,33,40)(H,34,39). The van der Waals surface area contributed by atoms with Gasteiger partial charge in [0.2, 0.25) is 23.6 Å². The summed E-state index contributed by atoms with van der Waals surface area (Å²) in [6, 6.07) is 4.78. The van der Waals surface area contributed by atoms with Crippen LogP contribution in [-0.2, 0) is 28.7 Å². The average Bonchev–Trinajstić information content (AvgIpc) is 3.65. The first-order chi connectivity index (χ1) is 20.5. The summed E-state index contributed by atoms with van der Waals surface area (Å²) < 4.78 is 5.53. The summed E-state index contributed by atoms with van der Waals surface area (Å²) in [7, 11) is 0. The molecule has 12 nitrogen and oxygen atoms in total. The van der Waals surface area contributed by atoms with Crippen molar-refractivity contribution < 1.29 is 33.5 Å². The number of carbonyl (C=O) groups is 6. The molecule has 3 aliphatic heterocycles. The Morgan fingerprint density at radius 3 is 2.40 bits per heavy atom. The van der Waals surface area contributed by atoms with Crippen molar-refractivity contribution in [2.45, 2.75) is 96.0 Å². The fraction of sp³-hybridized carbons (Fsp3) is 0.548. The van der Waals surface area contributed by atoms with E-state index in [4.69, 9.17) is 4.74 Å². The second-order valence-corrected chi connectivity index (χ2v) is 11.5. The summed E-state index contributed by atoms with van der Waals surface area (Å²) in [6.45, 7) is 5.59. The third kappa shape index (κ3) is 8.20. The van der Waals surface area contributed by atoms with Crippen LogP contribution in [0.3, 0.4) is 0 Å². The minimum Gasteiger partial charge on any atom is -0.460 e. The number of fused-ring (bicyclic) bond motifs is 2. The number of cyclic esters (lactones) is 1. The van der Waals surface area contributed by atoms with Crippen LogP contribution in [0.5, 0.6) is 0 Å². The fourth-order valence-corrected chi connectivity index (χ4v) is 5.73. The highest BCUT2D eigenvalue weighted by Gasteiger charge is 2.40. The Balaban J connectivity index is 1.56. The van der Waals surface area contributed by atoms with Crippen molar-refractivity contribution in [3.63, 3.8) is 0 Å². The highest BCUT2D eigenvalue weighted by molar-refractivity contribution is 5.99. The summed E-state index contributed by atoms with van der Waals surface area (Å²) >= 11 is 0. The minimum absolute atomic E-state index is 0.134. The number of nitrogens with zero attached hydrogens (tertiary/aromatic N) is 2. The second-order valence-electron chi connectivity index (χ2n) is 11.5. The molecular weight excluding hydrogens is 554 g/mol. The number of nitrogens with one attached hydrogen (secondary N) is 3. The lowest BCUT2D eigenvalue weighted by atomic mass is 10.1. The van der Waals surface area contributed by atoms with E-state index >= 15 is 0 Å². The lowest BCUT2D eigenvalue weighted by Gasteiger charge is -2.30. The Kier molecular flexibility index (Phi) is 10.5. The van der Waals surface area contributed by atoms with Crippen LogP contribution in [0.4, 0.5) is 0 Å². The molecule has 0 spiro atoms. The molecule has 3 N–H and O–H groups in total. The van der Waals surface area contributed by atoms with E-state index in [1.54, 1.807) is 42.2 Å². The third-order valence-corrected chi connectivity index (χ3v) is 8.02. The molecule has 12 heteroatoms. The number of ether oxygens (including phenoxy) is 1. The van der Waals surface area contributed by atoms with Crippen LogP contribution in [-0.4, -0.2) is 88.7 Å². The Hall–Kier alpha value is -4.22. The molecule has 1 saturated heterocycles. The maximum Gasteiger partial charge on any atom is 0.308 e. The van der Waals surface area contributed by atoms with Crippen LogP contribution < -0.4 is 16.0 Å². The van der Waals surface area contributed by atoms with Gasteiger partial charge in [-0.1, -0.05) is 23.8 Å². The predicted molar refractivity (Wildman–Crippen MR) is 156 cm³/mol. The van der Waals surface area contributed by atoms with Crippen LogP contribution in [0, 0.1) is 0 Å². The second kappa shape index (κ2) is 14.3. The molecule has 1 fully saturated rings. The predicted octanol–water partition coefficient (Wildman–Crippen LogP) is 1.41. The molecule has 0 saturated carbocycles. The van der Waals surface area contributed by atoms with E-state index in [1.165, 1.54) is 18.7 Å². The first kappa shape index (κ1) is 31.7. The van der Waals surface area contributed by atoms with Crippen molar-refractivity contribution in [2.75, 3.05) is 13.1 Å². The number of hydrogen-bond donors (Lipinski definition) is 3. The minimum atomic E-state index is -1.32. The topological polar surface area (TPSA) is 154 Å². The molecule has 232 valence electrons. The summed E-state index contributed by atoms with van der Waals surface area (Å²) in [5.41, 5.74) is 1.37. The van der Waals surface area contributed by atoms with Crippen LogP contribution in [0.1, 0.15) is 76.1 Å². The van der Waals surface area contributed by atoms with Gasteiger partial charge in [-0.25, -0.2) is 0 Å². The molecule has 1 aromatic carbocycles. The van der Waals surface area contributed by atoms with Crippen molar-refractivity contribution in [1.82, 2.24) is 25.8 Å². The van der Waals surface area contributed by atoms with Crippen LogP contribution in [0.15, 0.2) is 42.1 Å². The molecule has 4 rings (SSSR count). The first-order valence-electron chi connectivity index (χ1n) is 15.0. The van der Waals surface area contributed by atoms with Crippen molar-refractivity contribution in [3.05, 3.63) is 47.7 Å². The highest BCUT2D eigenvalue weighted by atomic mass is 16.5. The fourth-order valence-electron chi connectivity index (χ4n) is 5.73. The normalized spacial score (nSPS) is 28.2. The summed E-state index contributed by atoms with van der Waals surface area (Å²) in [5.74, 6) is -2.70. The van der Waals surface area contributed by atoms with Crippen LogP contribution in [0.25, 0.3) is 0 Å². The van der Waals surface area contributed by atoms with E-state index in [0.29, 0.717) is 50.8 Å². The van der Waals surface area contributed by atoms with Crippen molar-refractivity contribution in [3.8, 4) is 0 Å². The maximum absolute atomic E-state index is 13.5. The quantitative estimate of drug-likeness (QED) is 0.437. The number of amides is 5. The van der Waals surface area contributed by atoms with Gasteiger partial charge in [0.25, 0.3) is 5.91 Å². The molecule has 1 aromatic rings. The molecule has 5 unspecified atom stereocenters. The smallest absolute Gasteiger partial charge is 0.308 e. The van der Waals surface area contributed by atoms with Gasteiger partial charge in [0, 0.05) is 37.3 Å².